The third-order valence-corrected chi connectivity index (χ3v) is 4.03. The molecule has 3 nitrogen and oxygen atoms in total. The number of thiazole rings is 1. The van der Waals surface area contributed by atoms with Crippen LogP contribution in [0.2, 0.25) is 5.02 Å². The van der Waals surface area contributed by atoms with Crippen LogP contribution in [0.3, 0.4) is 0 Å². The van der Waals surface area contributed by atoms with E-state index in [0.29, 0.717) is 18.0 Å². The number of anilines is 1. The molecule has 22 heavy (non-hydrogen) atoms. The monoisotopic (exact) mass is 365 g/mol. The molecule has 1 heterocycles. The van der Waals surface area contributed by atoms with E-state index >= 15 is 0 Å². The summed E-state index contributed by atoms with van der Waals surface area (Å²) < 4.78 is 37.3. The molecule has 2 N–H and O–H groups in total. The Morgan fingerprint density at radius 1 is 1.32 bits per heavy atom. The molecule has 0 aliphatic carbocycles. The first-order chi connectivity index (χ1) is 10.4. The van der Waals surface area contributed by atoms with Crippen molar-refractivity contribution in [2.75, 3.05) is 11.9 Å². The number of thiocarbonyl (C=S) groups is 1. The lowest BCUT2D eigenvalue weighted by Gasteiger charge is -2.09. The first-order valence-electron chi connectivity index (χ1n) is 6.17. The van der Waals surface area contributed by atoms with E-state index in [2.05, 4.69) is 15.6 Å². The minimum absolute atomic E-state index is 0.0996. The van der Waals surface area contributed by atoms with Gasteiger partial charge in [-0.25, -0.2) is 4.98 Å². The molecule has 0 bridgehead atoms. The van der Waals surface area contributed by atoms with Gasteiger partial charge in [-0.15, -0.1) is 11.3 Å². The van der Waals surface area contributed by atoms with Crippen LogP contribution in [0.4, 0.5) is 18.3 Å². The Hall–Kier alpha value is -1.38. The molecule has 0 amide bonds. The van der Waals surface area contributed by atoms with Crippen LogP contribution in [0.15, 0.2) is 29.6 Å². The number of hydrogen-bond acceptors (Lipinski definition) is 3. The quantitative estimate of drug-likeness (QED) is 0.790. The van der Waals surface area contributed by atoms with Gasteiger partial charge in [0.2, 0.25) is 0 Å². The minimum Gasteiger partial charge on any atom is -0.362 e. The second kappa shape index (κ2) is 7.26. The smallest absolute Gasteiger partial charge is 0.362 e. The van der Waals surface area contributed by atoms with Crippen molar-refractivity contribution >= 4 is 45.4 Å². The fourth-order valence-corrected chi connectivity index (χ4v) is 2.83. The summed E-state index contributed by atoms with van der Waals surface area (Å²) in [6, 6.07) is 7.41. The maximum Gasteiger partial charge on any atom is 0.434 e. The zero-order valence-corrected chi connectivity index (χ0v) is 13.5. The second-order valence-electron chi connectivity index (χ2n) is 4.26. The SMILES string of the molecule is FC(F)(F)c1csc(NC(=S)NCCc2ccccc2Cl)n1. The van der Waals surface area contributed by atoms with Crippen LogP contribution in [-0.4, -0.2) is 16.6 Å². The molecule has 0 atom stereocenters. The Labute approximate surface area is 139 Å². The number of alkyl halides is 3. The molecule has 1 aromatic carbocycles. The first kappa shape index (κ1) is 17.0. The van der Waals surface area contributed by atoms with Crippen LogP contribution in [0.25, 0.3) is 0 Å². The van der Waals surface area contributed by atoms with Gasteiger partial charge in [0.05, 0.1) is 0 Å². The van der Waals surface area contributed by atoms with Crippen molar-refractivity contribution in [3.63, 3.8) is 0 Å². The Balaban J connectivity index is 1.81. The van der Waals surface area contributed by atoms with E-state index in [0.717, 1.165) is 22.3 Å². The molecule has 0 saturated carbocycles. The van der Waals surface area contributed by atoms with Gasteiger partial charge in [0.1, 0.15) is 0 Å². The highest BCUT2D eigenvalue weighted by atomic mass is 35.5. The highest BCUT2D eigenvalue weighted by Gasteiger charge is 2.33. The Morgan fingerprint density at radius 2 is 2.05 bits per heavy atom. The van der Waals surface area contributed by atoms with Gasteiger partial charge in [-0.3, -0.25) is 0 Å². The maximum absolute atomic E-state index is 12.4. The molecule has 2 rings (SSSR count). The van der Waals surface area contributed by atoms with Crippen molar-refractivity contribution in [2.24, 2.45) is 0 Å². The van der Waals surface area contributed by atoms with E-state index in [1.54, 1.807) is 6.07 Å². The third-order valence-electron chi connectivity index (χ3n) is 2.65. The van der Waals surface area contributed by atoms with Crippen molar-refractivity contribution < 1.29 is 13.2 Å². The van der Waals surface area contributed by atoms with Crippen LogP contribution < -0.4 is 10.6 Å². The maximum atomic E-state index is 12.4. The highest BCUT2D eigenvalue weighted by Crippen LogP contribution is 2.31. The Kier molecular flexibility index (Phi) is 5.60. The summed E-state index contributed by atoms with van der Waals surface area (Å²) in [4.78, 5) is 3.44. The van der Waals surface area contributed by atoms with Gasteiger partial charge < -0.3 is 10.6 Å². The van der Waals surface area contributed by atoms with Crippen molar-refractivity contribution in [1.82, 2.24) is 10.3 Å². The summed E-state index contributed by atoms with van der Waals surface area (Å²) in [5, 5.41) is 7.45. The summed E-state index contributed by atoms with van der Waals surface area (Å²) in [6.07, 6.45) is -3.80. The predicted octanol–water partition coefficient (Wildman–Crippen LogP) is 4.34. The molecule has 118 valence electrons. The molecule has 0 aliphatic heterocycles. The topological polar surface area (TPSA) is 37.0 Å². The van der Waals surface area contributed by atoms with Gasteiger partial charge in [-0.2, -0.15) is 13.2 Å². The van der Waals surface area contributed by atoms with E-state index in [4.69, 9.17) is 23.8 Å². The summed E-state index contributed by atoms with van der Waals surface area (Å²) in [7, 11) is 0. The van der Waals surface area contributed by atoms with Crippen LogP contribution >= 0.6 is 35.2 Å². The average Bonchev–Trinajstić information content (AvgIpc) is 2.89. The Bertz CT molecular complexity index is 658. The first-order valence-corrected chi connectivity index (χ1v) is 7.84. The minimum atomic E-state index is -4.45. The van der Waals surface area contributed by atoms with Crippen molar-refractivity contribution in [3.05, 3.63) is 45.9 Å². The normalized spacial score (nSPS) is 11.3. The van der Waals surface area contributed by atoms with Gasteiger partial charge in [0.25, 0.3) is 0 Å². The number of rotatable bonds is 4. The van der Waals surface area contributed by atoms with Crippen LogP contribution in [0.1, 0.15) is 11.3 Å². The zero-order valence-electron chi connectivity index (χ0n) is 11.1. The lowest BCUT2D eigenvalue weighted by Crippen LogP contribution is -2.30. The second-order valence-corrected chi connectivity index (χ2v) is 5.93. The number of benzene rings is 1. The highest BCUT2D eigenvalue weighted by molar-refractivity contribution is 7.80. The molecule has 0 radical (unpaired) electrons. The molecule has 1 aromatic heterocycles. The van der Waals surface area contributed by atoms with Crippen LogP contribution in [-0.2, 0) is 12.6 Å². The van der Waals surface area contributed by atoms with Crippen LogP contribution in [0.5, 0.6) is 0 Å². The summed E-state index contributed by atoms with van der Waals surface area (Å²) >= 11 is 11.9. The standard InChI is InChI=1S/C13H11ClF3N3S2/c14-9-4-2-1-3-8(9)5-6-18-11(21)20-12-19-10(7-22-12)13(15,16)17/h1-4,7H,5-6H2,(H2,18,19,20,21). The fourth-order valence-electron chi connectivity index (χ4n) is 1.61. The van der Waals surface area contributed by atoms with Gasteiger partial charge in [0.15, 0.2) is 15.9 Å². The van der Waals surface area contributed by atoms with Gasteiger partial charge in [-0.1, -0.05) is 29.8 Å². The number of nitrogens with zero attached hydrogens (tertiary/aromatic N) is 1. The largest absolute Gasteiger partial charge is 0.434 e. The van der Waals surface area contributed by atoms with E-state index in [9.17, 15) is 13.2 Å². The lowest BCUT2D eigenvalue weighted by molar-refractivity contribution is -0.140. The molecule has 0 saturated heterocycles. The summed E-state index contributed by atoms with van der Waals surface area (Å²) in [6.45, 7) is 0.507. The van der Waals surface area contributed by atoms with Crippen LogP contribution in [0, 0.1) is 0 Å². The van der Waals surface area contributed by atoms with Crippen molar-refractivity contribution in [2.45, 2.75) is 12.6 Å². The molecule has 0 spiro atoms. The molecule has 0 aliphatic rings. The number of halogens is 4. The average molecular weight is 366 g/mol. The van der Waals surface area contributed by atoms with Crippen molar-refractivity contribution in [1.29, 1.82) is 0 Å². The predicted molar refractivity (Wildman–Crippen MR) is 86.5 cm³/mol. The number of hydrogen-bond donors (Lipinski definition) is 2. The zero-order chi connectivity index (χ0) is 16.2. The number of nitrogens with one attached hydrogen (secondary N) is 2. The summed E-state index contributed by atoms with van der Waals surface area (Å²) in [5.74, 6) is 0. The van der Waals surface area contributed by atoms with E-state index < -0.39 is 11.9 Å². The molecule has 9 heteroatoms. The fraction of sp³-hybridized carbons (Fsp3) is 0.231. The van der Waals surface area contributed by atoms with E-state index in [1.807, 2.05) is 18.2 Å². The molecular formula is C13H11ClF3N3S2. The molecule has 0 unspecified atom stereocenters. The van der Waals surface area contributed by atoms with Crippen molar-refractivity contribution in [3.8, 4) is 0 Å². The van der Waals surface area contributed by atoms with E-state index in [1.165, 1.54) is 0 Å². The molecule has 0 fully saturated rings. The van der Waals surface area contributed by atoms with Gasteiger partial charge in [0, 0.05) is 16.9 Å². The molecular weight excluding hydrogens is 355 g/mol. The lowest BCUT2D eigenvalue weighted by atomic mass is 10.1. The van der Waals surface area contributed by atoms with Gasteiger partial charge >= 0.3 is 6.18 Å². The molecule has 2 aromatic rings. The van der Waals surface area contributed by atoms with E-state index in [-0.39, 0.29) is 10.2 Å². The summed E-state index contributed by atoms with van der Waals surface area (Å²) in [5.41, 5.74) is 0.0342. The van der Waals surface area contributed by atoms with Gasteiger partial charge in [-0.05, 0) is 30.3 Å². The Morgan fingerprint density at radius 3 is 2.68 bits per heavy atom. The third kappa shape index (κ3) is 4.82. The number of aromatic nitrogens is 1.